The fraction of sp³-hybridized carbons (Fsp3) is 0.688. The predicted octanol–water partition coefficient (Wildman–Crippen LogP) is 3.32. The average Bonchev–Trinajstić information content (AvgIpc) is 2.62. The molecule has 0 aromatic carbocycles. The van der Waals surface area contributed by atoms with Crippen LogP contribution in [0.4, 0.5) is 5.82 Å². The molecule has 0 aliphatic carbocycles. The average molecular weight is 261 g/mol. The Morgan fingerprint density at radius 3 is 2.79 bits per heavy atom. The Balaban J connectivity index is 2.42. The third kappa shape index (κ3) is 3.08. The first-order chi connectivity index (χ1) is 9.17. The van der Waals surface area contributed by atoms with Crippen LogP contribution in [-0.2, 0) is 6.54 Å². The molecule has 2 heterocycles. The minimum absolute atomic E-state index is 0.585. The van der Waals surface area contributed by atoms with Gasteiger partial charge in [-0.15, -0.1) is 0 Å². The van der Waals surface area contributed by atoms with Crippen LogP contribution in [0.2, 0.25) is 0 Å². The van der Waals surface area contributed by atoms with Gasteiger partial charge in [0, 0.05) is 30.4 Å². The molecule has 1 aliphatic rings. The van der Waals surface area contributed by atoms with Gasteiger partial charge >= 0.3 is 0 Å². The molecular weight excluding hydrogens is 234 g/mol. The third-order valence-electron chi connectivity index (χ3n) is 4.28. The van der Waals surface area contributed by atoms with Gasteiger partial charge in [0.05, 0.1) is 0 Å². The van der Waals surface area contributed by atoms with Crippen molar-refractivity contribution in [2.24, 2.45) is 5.73 Å². The largest absolute Gasteiger partial charge is 0.353 e. The summed E-state index contributed by atoms with van der Waals surface area (Å²) < 4.78 is 0. The zero-order valence-corrected chi connectivity index (χ0v) is 12.6. The molecule has 0 saturated carbocycles. The van der Waals surface area contributed by atoms with E-state index in [9.17, 15) is 0 Å². The van der Waals surface area contributed by atoms with E-state index >= 15 is 0 Å². The Morgan fingerprint density at radius 2 is 2.11 bits per heavy atom. The molecule has 2 rings (SSSR count). The van der Waals surface area contributed by atoms with Crippen molar-refractivity contribution in [1.29, 1.82) is 0 Å². The molecule has 1 aromatic rings. The van der Waals surface area contributed by atoms with Crippen LogP contribution in [0.3, 0.4) is 0 Å². The number of nitrogens with zero attached hydrogens (tertiary/aromatic N) is 2. The number of rotatable bonds is 3. The number of nitrogens with two attached hydrogens (primary N) is 1. The van der Waals surface area contributed by atoms with Crippen LogP contribution in [-0.4, -0.2) is 17.6 Å². The SMILES string of the molecule is CCC1CCCCCN1c1nc(C)cc(C)c1CN. The van der Waals surface area contributed by atoms with E-state index in [4.69, 9.17) is 10.7 Å². The van der Waals surface area contributed by atoms with Gasteiger partial charge in [0.15, 0.2) is 0 Å². The quantitative estimate of drug-likeness (QED) is 0.907. The zero-order valence-electron chi connectivity index (χ0n) is 12.6. The van der Waals surface area contributed by atoms with Crippen LogP contribution in [0.15, 0.2) is 6.07 Å². The maximum absolute atomic E-state index is 5.97. The molecule has 0 amide bonds. The Kier molecular flexibility index (Phi) is 4.81. The number of hydrogen-bond acceptors (Lipinski definition) is 3. The lowest BCUT2D eigenvalue weighted by molar-refractivity contribution is 0.550. The van der Waals surface area contributed by atoms with E-state index in [1.807, 2.05) is 0 Å². The van der Waals surface area contributed by atoms with Crippen molar-refractivity contribution >= 4 is 5.82 Å². The maximum Gasteiger partial charge on any atom is 0.133 e. The molecule has 106 valence electrons. The van der Waals surface area contributed by atoms with E-state index in [0.717, 1.165) is 18.1 Å². The van der Waals surface area contributed by atoms with Crippen LogP contribution in [0.5, 0.6) is 0 Å². The van der Waals surface area contributed by atoms with Gasteiger partial charge in [-0.3, -0.25) is 0 Å². The molecule has 1 aromatic heterocycles. The second-order valence-electron chi connectivity index (χ2n) is 5.69. The van der Waals surface area contributed by atoms with Crippen molar-refractivity contribution in [1.82, 2.24) is 4.98 Å². The summed E-state index contributed by atoms with van der Waals surface area (Å²) in [7, 11) is 0. The highest BCUT2D eigenvalue weighted by Crippen LogP contribution is 2.29. The fourth-order valence-corrected chi connectivity index (χ4v) is 3.21. The van der Waals surface area contributed by atoms with Crippen molar-refractivity contribution in [3.05, 3.63) is 22.9 Å². The summed E-state index contributed by atoms with van der Waals surface area (Å²) in [5.74, 6) is 1.15. The van der Waals surface area contributed by atoms with E-state index < -0.39 is 0 Å². The van der Waals surface area contributed by atoms with Crippen molar-refractivity contribution in [2.45, 2.75) is 65.5 Å². The molecule has 1 unspecified atom stereocenters. The van der Waals surface area contributed by atoms with E-state index in [-0.39, 0.29) is 0 Å². The normalized spacial score (nSPS) is 20.4. The van der Waals surface area contributed by atoms with Crippen molar-refractivity contribution in [2.75, 3.05) is 11.4 Å². The summed E-state index contributed by atoms with van der Waals surface area (Å²) in [6, 6.07) is 2.77. The van der Waals surface area contributed by atoms with Crippen molar-refractivity contribution in [3.8, 4) is 0 Å². The van der Waals surface area contributed by atoms with Crippen LogP contribution < -0.4 is 10.6 Å². The van der Waals surface area contributed by atoms with Gasteiger partial charge in [-0.05, 0) is 44.7 Å². The minimum Gasteiger partial charge on any atom is -0.353 e. The lowest BCUT2D eigenvalue weighted by atomic mass is 10.0. The molecule has 19 heavy (non-hydrogen) atoms. The maximum atomic E-state index is 5.97. The van der Waals surface area contributed by atoms with Gasteiger partial charge in [0.1, 0.15) is 5.82 Å². The molecule has 0 bridgehead atoms. The molecule has 1 fully saturated rings. The first-order valence-corrected chi connectivity index (χ1v) is 7.61. The first kappa shape index (κ1) is 14.3. The Bertz CT molecular complexity index is 428. The minimum atomic E-state index is 0.585. The molecule has 2 N–H and O–H groups in total. The summed E-state index contributed by atoms with van der Waals surface area (Å²) in [6.45, 7) is 8.23. The number of anilines is 1. The Hall–Kier alpha value is -1.09. The Morgan fingerprint density at radius 1 is 1.32 bits per heavy atom. The van der Waals surface area contributed by atoms with Crippen LogP contribution >= 0.6 is 0 Å². The number of hydrogen-bond donors (Lipinski definition) is 1. The topological polar surface area (TPSA) is 42.2 Å². The van der Waals surface area contributed by atoms with Gasteiger partial charge in [-0.1, -0.05) is 19.8 Å². The van der Waals surface area contributed by atoms with Crippen molar-refractivity contribution in [3.63, 3.8) is 0 Å². The first-order valence-electron chi connectivity index (χ1n) is 7.61. The van der Waals surface area contributed by atoms with E-state index in [1.54, 1.807) is 0 Å². The lowest BCUT2D eigenvalue weighted by Gasteiger charge is -2.32. The second kappa shape index (κ2) is 6.38. The molecule has 1 saturated heterocycles. The Labute approximate surface area is 117 Å². The predicted molar refractivity (Wildman–Crippen MR) is 81.5 cm³/mol. The molecular formula is C16H27N3. The number of pyridine rings is 1. The number of aromatic nitrogens is 1. The summed E-state index contributed by atoms with van der Waals surface area (Å²) >= 11 is 0. The molecule has 1 atom stereocenters. The second-order valence-corrected chi connectivity index (χ2v) is 5.69. The standard InChI is InChI=1S/C16H27N3/c1-4-14-8-6-5-7-9-19(14)16-15(11-17)12(2)10-13(3)18-16/h10,14H,4-9,11,17H2,1-3H3. The van der Waals surface area contributed by atoms with Gasteiger partial charge in [-0.2, -0.15) is 0 Å². The van der Waals surface area contributed by atoms with Gasteiger partial charge in [-0.25, -0.2) is 4.98 Å². The highest BCUT2D eigenvalue weighted by atomic mass is 15.2. The van der Waals surface area contributed by atoms with Crippen LogP contribution in [0.1, 0.15) is 55.8 Å². The summed E-state index contributed by atoms with van der Waals surface area (Å²) in [5.41, 5.74) is 9.58. The van der Waals surface area contributed by atoms with Gasteiger partial charge in [0.25, 0.3) is 0 Å². The zero-order chi connectivity index (χ0) is 13.8. The number of aryl methyl sites for hydroxylation is 2. The van der Waals surface area contributed by atoms with Crippen LogP contribution in [0.25, 0.3) is 0 Å². The van der Waals surface area contributed by atoms with E-state index in [1.165, 1.54) is 43.2 Å². The fourth-order valence-electron chi connectivity index (χ4n) is 3.21. The highest BCUT2D eigenvalue weighted by Gasteiger charge is 2.23. The van der Waals surface area contributed by atoms with Gasteiger partial charge < -0.3 is 10.6 Å². The molecule has 1 aliphatic heterocycles. The van der Waals surface area contributed by atoms with Crippen molar-refractivity contribution < 1.29 is 0 Å². The van der Waals surface area contributed by atoms with E-state index in [0.29, 0.717) is 12.6 Å². The summed E-state index contributed by atoms with van der Waals surface area (Å²) in [5, 5.41) is 0. The van der Waals surface area contributed by atoms with E-state index in [2.05, 4.69) is 31.7 Å². The molecule has 0 radical (unpaired) electrons. The van der Waals surface area contributed by atoms with Gasteiger partial charge in [0.2, 0.25) is 0 Å². The summed E-state index contributed by atoms with van der Waals surface area (Å²) in [6.07, 6.45) is 6.44. The highest BCUT2D eigenvalue weighted by molar-refractivity contribution is 5.52. The van der Waals surface area contributed by atoms with Crippen LogP contribution in [0, 0.1) is 13.8 Å². The summed E-state index contributed by atoms with van der Waals surface area (Å²) in [4.78, 5) is 7.34. The lowest BCUT2D eigenvalue weighted by Crippen LogP contribution is -2.36. The smallest absolute Gasteiger partial charge is 0.133 e. The molecule has 3 heteroatoms. The third-order valence-corrected chi connectivity index (χ3v) is 4.28. The molecule has 0 spiro atoms. The monoisotopic (exact) mass is 261 g/mol. The molecule has 3 nitrogen and oxygen atoms in total.